The second kappa shape index (κ2) is 4.70. The summed E-state index contributed by atoms with van der Waals surface area (Å²) in [6, 6.07) is 7.48. The lowest BCUT2D eigenvalue weighted by atomic mass is 9.70. The first kappa shape index (κ1) is 14.5. The minimum Gasteiger partial charge on any atom is -0.508 e. The van der Waals surface area contributed by atoms with Crippen molar-refractivity contribution < 1.29 is 9.90 Å². The number of carbonyl (C=O) groups excluding carboxylic acids is 1. The Balaban J connectivity index is 1.81. The number of hydrogen-bond donors (Lipinski definition) is 1. The highest BCUT2D eigenvalue weighted by Crippen LogP contribution is 2.63. The summed E-state index contributed by atoms with van der Waals surface area (Å²) in [4.78, 5) is 12.8. The van der Waals surface area contributed by atoms with Crippen LogP contribution in [0.15, 0.2) is 58.2 Å². The van der Waals surface area contributed by atoms with Gasteiger partial charge in [-0.1, -0.05) is 30.7 Å². The van der Waals surface area contributed by atoms with E-state index in [1.54, 1.807) is 6.07 Å². The Kier molecular flexibility index (Phi) is 2.96. The molecule has 0 unspecified atom stereocenters. The molecule has 1 aromatic carbocycles. The first-order valence-corrected chi connectivity index (χ1v) is 8.40. The Hall–Kier alpha value is -2.09. The average Bonchev–Trinajstić information content (AvgIpc) is 3.27. The van der Waals surface area contributed by atoms with E-state index in [-0.39, 0.29) is 11.3 Å². The third-order valence-corrected chi connectivity index (χ3v) is 6.16. The number of Topliss-reactive ketones (excluding diaryl/α,β-unsaturated/α-hetero) is 1. The van der Waals surface area contributed by atoms with E-state index in [0.29, 0.717) is 18.0 Å². The summed E-state index contributed by atoms with van der Waals surface area (Å²) in [6.45, 7) is 6.38. The first-order valence-electron chi connectivity index (χ1n) is 8.40. The van der Waals surface area contributed by atoms with Gasteiger partial charge < -0.3 is 5.11 Å². The normalized spacial score (nSPS) is 25.1. The molecular formula is C21H22O2. The van der Waals surface area contributed by atoms with Gasteiger partial charge in [-0.25, -0.2) is 0 Å². The molecule has 1 aromatic rings. The summed E-state index contributed by atoms with van der Waals surface area (Å²) in [5, 5.41) is 10.1. The predicted molar refractivity (Wildman–Crippen MR) is 91.1 cm³/mol. The van der Waals surface area contributed by atoms with Gasteiger partial charge in [0.2, 0.25) is 0 Å². The summed E-state index contributed by atoms with van der Waals surface area (Å²) in [5.74, 6) is 0.737. The fourth-order valence-electron chi connectivity index (χ4n) is 4.44. The number of aromatic hydroxyl groups is 1. The van der Waals surface area contributed by atoms with Crippen LogP contribution in [0, 0.1) is 11.3 Å². The summed E-state index contributed by atoms with van der Waals surface area (Å²) in [5.41, 5.74) is 6.87. The Bertz CT molecular complexity index is 816. The number of para-hydroxylation sites is 1. The zero-order valence-corrected chi connectivity index (χ0v) is 13.9. The number of benzene rings is 1. The van der Waals surface area contributed by atoms with Crippen LogP contribution >= 0.6 is 0 Å². The lowest BCUT2D eigenvalue weighted by molar-refractivity contribution is -0.120. The molecule has 23 heavy (non-hydrogen) atoms. The topological polar surface area (TPSA) is 37.3 Å². The van der Waals surface area contributed by atoms with Crippen molar-refractivity contribution in [1.82, 2.24) is 0 Å². The molecule has 0 radical (unpaired) electrons. The van der Waals surface area contributed by atoms with Crippen molar-refractivity contribution in [3.05, 3.63) is 63.8 Å². The number of carbonyl (C=O) groups is 1. The highest BCUT2D eigenvalue weighted by Gasteiger charge is 2.56. The van der Waals surface area contributed by atoms with Gasteiger partial charge in [0.1, 0.15) is 5.75 Å². The molecule has 0 aromatic heterocycles. The standard InChI is InChI=1S/C21H22O2/c1-12-10-17-19(13(2)21(8-9-21)14(3)20(17)23)16(12)11-15-6-4-5-7-18(15)22/h4-7,10,14,22H,8-9,11H2,1-3H3/t14-/m1/s1. The first-order chi connectivity index (χ1) is 11.0. The average molecular weight is 306 g/mol. The maximum absolute atomic E-state index is 12.8. The summed E-state index contributed by atoms with van der Waals surface area (Å²) in [7, 11) is 0. The Labute approximate surface area is 137 Å². The molecule has 3 aliphatic carbocycles. The van der Waals surface area contributed by atoms with Crippen LogP contribution in [-0.2, 0) is 11.2 Å². The molecule has 2 nitrogen and oxygen atoms in total. The van der Waals surface area contributed by atoms with Gasteiger partial charge in [-0.15, -0.1) is 0 Å². The van der Waals surface area contributed by atoms with Crippen LogP contribution in [0.2, 0.25) is 0 Å². The fourth-order valence-corrected chi connectivity index (χ4v) is 4.44. The molecule has 0 heterocycles. The molecule has 1 spiro atoms. The van der Waals surface area contributed by atoms with Gasteiger partial charge in [0.05, 0.1) is 0 Å². The van der Waals surface area contributed by atoms with Crippen LogP contribution in [-0.4, -0.2) is 10.9 Å². The largest absolute Gasteiger partial charge is 0.508 e. The van der Waals surface area contributed by atoms with Crippen LogP contribution in [0.25, 0.3) is 0 Å². The van der Waals surface area contributed by atoms with Gasteiger partial charge in [-0.2, -0.15) is 0 Å². The van der Waals surface area contributed by atoms with Crippen LogP contribution in [0.3, 0.4) is 0 Å². The molecule has 3 aliphatic rings. The van der Waals surface area contributed by atoms with Crippen molar-refractivity contribution >= 4 is 5.78 Å². The van der Waals surface area contributed by atoms with Gasteiger partial charge in [-0.05, 0) is 61.1 Å². The molecule has 0 bridgehead atoms. The second-order valence-corrected chi connectivity index (χ2v) is 7.27. The highest BCUT2D eigenvalue weighted by molar-refractivity contribution is 6.07. The summed E-state index contributed by atoms with van der Waals surface area (Å²) >= 11 is 0. The van der Waals surface area contributed by atoms with Gasteiger partial charge in [0.25, 0.3) is 0 Å². The minimum atomic E-state index is 0.106. The minimum absolute atomic E-state index is 0.106. The highest BCUT2D eigenvalue weighted by atomic mass is 16.3. The van der Waals surface area contributed by atoms with Crippen molar-refractivity contribution in [2.24, 2.45) is 11.3 Å². The zero-order chi connectivity index (χ0) is 16.4. The second-order valence-electron chi connectivity index (χ2n) is 7.27. The van der Waals surface area contributed by atoms with E-state index < -0.39 is 0 Å². The van der Waals surface area contributed by atoms with E-state index in [2.05, 4.69) is 26.8 Å². The SMILES string of the molecule is CC1=C(Cc2ccccc2O)C2=C(C)C3(CC3)[C@H](C)C(=O)C2=C1. The van der Waals surface area contributed by atoms with Crippen LogP contribution < -0.4 is 0 Å². The van der Waals surface area contributed by atoms with Gasteiger partial charge in [0.15, 0.2) is 5.78 Å². The van der Waals surface area contributed by atoms with Gasteiger partial charge >= 0.3 is 0 Å². The maximum Gasteiger partial charge on any atom is 0.167 e. The van der Waals surface area contributed by atoms with E-state index in [4.69, 9.17) is 0 Å². The van der Waals surface area contributed by atoms with Crippen molar-refractivity contribution in [1.29, 1.82) is 0 Å². The Morgan fingerprint density at radius 2 is 1.91 bits per heavy atom. The monoisotopic (exact) mass is 306 g/mol. The molecule has 0 saturated heterocycles. The Morgan fingerprint density at radius 3 is 2.57 bits per heavy atom. The molecule has 1 atom stereocenters. The van der Waals surface area contributed by atoms with E-state index >= 15 is 0 Å². The quantitative estimate of drug-likeness (QED) is 0.873. The van der Waals surface area contributed by atoms with E-state index in [1.165, 1.54) is 16.7 Å². The number of phenols is 1. The smallest absolute Gasteiger partial charge is 0.167 e. The number of rotatable bonds is 2. The molecule has 1 N–H and O–H groups in total. The number of phenolic OH excluding ortho intramolecular Hbond substituents is 1. The van der Waals surface area contributed by atoms with E-state index in [0.717, 1.165) is 29.6 Å². The van der Waals surface area contributed by atoms with Crippen molar-refractivity contribution in [2.75, 3.05) is 0 Å². The molecule has 118 valence electrons. The Morgan fingerprint density at radius 1 is 1.22 bits per heavy atom. The van der Waals surface area contributed by atoms with Crippen LogP contribution in [0.5, 0.6) is 5.75 Å². The molecule has 0 aliphatic heterocycles. The maximum atomic E-state index is 12.8. The number of ketones is 1. The summed E-state index contributed by atoms with van der Waals surface area (Å²) in [6.07, 6.45) is 5.00. The van der Waals surface area contributed by atoms with Crippen molar-refractivity contribution in [3.8, 4) is 5.75 Å². The van der Waals surface area contributed by atoms with Gasteiger partial charge in [0, 0.05) is 23.3 Å². The van der Waals surface area contributed by atoms with Gasteiger partial charge in [-0.3, -0.25) is 4.79 Å². The lowest BCUT2D eigenvalue weighted by Crippen LogP contribution is -2.31. The lowest BCUT2D eigenvalue weighted by Gasteiger charge is -2.32. The van der Waals surface area contributed by atoms with Crippen LogP contribution in [0.4, 0.5) is 0 Å². The fraction of sp³-hybridized carbons (Fsp3) is 0.381. The van der Waals surface area contributed by atoms with Crippen molar-refractivity contribution in [3.63, 3.8) is 0 Å². The van der Waals surface area contributed by atoms with Crippen LogP contribution in [0.1, 0.15) is 39.2 Å². The number of allylic oxidation sites excluding steroid dienone is 6. The molecule has 4 rings (SSSR count). The predicted octanol–water partition coefficient (Wildman–Crippen LogP) is 4.51. The van der Waals surface area contributed by atoms with E-state index in [9.17, 15) is 9.90 Å². The zero-order valence-electron chi connectivity index (χ0n) is 13.9. The molecule has 1 fully saturated rings. The third-order valence-electron chi connectivity index (χ3n) is 6.16. The van der Waals surface area contributed by atoms with E-state index in [1.807, 2.05) is 18.2 Å². The third kappa shape index (κ3) is 1.90. The molecule has 0 amide bonds. The number of fused-ring (bicyclic) bond motifs is 1. The molecular weight excluding hydrogens is 284 g/mol. The summed E-state index contributed by atoms with van der Waals surface area (Å²) < 4.78 is 0. The number of hydrogen-bond acceptors (Lipinski definition) is 2. The van der Waals surface area contributed by atoms with Crippen molar-refractivity contribution in [2.45, 2.75) is 40.0 Å². The molecule has 2 heteroatoms. The molecule has 1 saturated carbocycles.